The highest BCUT2D eigenvalue weighted by molar-refractivity contribution is 6.21. The highest BCUT2D eigenvalue weighted by Gasteiger charge is 2.36. The van der Waals surface area contributed by atoms with Crippen molar-refractivity contribution in [1.82, 2.24) is 4.90 Å². The molecule has 26 heavy (non-hydrogen) atoms. The van der Waals surface area contributed by atoms with Crippen molar-refractivity contribution in [3.63, 3.8) is 0 Å². The monoisotopic (exact) mass is 354 g/mol. The first-order valence-electron chi connectivity index (χ1n) is 8.60. The Balaban J connectivity index is 1.72. The van der Waals surface area contributed by atoms with Crippen LogP contribution in [0.1, 0.15) is 33.2 Å². The quantitative estimate of drug-likeness (QED) is 0.777. The molecule has 0 spiro atoms. The van der Waals surface area contributed by atoms with E-state index in [1.54, 1.807) is 36.4 Å². The number of aryl methyl sites for hydroxylation is 1. The molecule has 136 valence electrons. The first-order valence-corrected chi connectivity index (χ1v) is 8.60. The van der Waals surface area contributed by atoms with Crippen molar-refractivity contribution in [2.75, 3.05) is 24.5 Å². The Morgan fingerprint density at radius 2 is 1.69 bits per heavy atom. The lowest BCUT2D eigenvalue weighted by atomic mass is 10.1. The van der Waals surface area contributed by atoms with E-state index in [0.717, 1.165) is 16.2 Å². The maximum Gasteiger partial charge on any atom is 0.261 e. The molecule has 6 heteroatoms. The van der Waals surface area contributed by atoms with Gasteiger partial charge in [0.2, 0.25) is 0 Å². The van der Waals surface area contributed by atoms with Crippen molar-refractivity contribution < 1.29 is 19.8 Å². The second-order valence-electron chi connectivity index (χ2n) is 6.43. The summed E-state index contributed by atoms with van der Waals surface area (Å²) in [6.45, 7) is 4.66. The van der Waals surface area contributed by atoms with Crippen molar-refractivity contribution in [2.45, 2.75) is 20.0 Å². The number of hydrogen-bond acceptors (Lipinski definition) is 5. The molecule has 2 N–H and O–H groups in total. The number of amides is 2. The molecule has 6 nitrogen and oxygen atoms in total. The van der Waals surface area contributed by atoms with Crippen molar-refractivity contribution in [1.29, 1.82) is 0 Å². The first kappa shape index (κ1) is 17.9. The summed E-state index contributed by atoms with van der Waals surface area (Å²) >= 11 is 0. The normalized spacial score (nSPS) is 14.5. The summed E-state index contributed by atoms with van der Waals surface area (Å²) in [5.74, 6) is -0.596. The molecule has 3 rings (SSSR count). The van der Waals surface area contributed by atoms with E-state index in [0.29, 0.717) is 17.7 Å². The lowest BCUT2D eigenvalue weighted by Crippen LogP contribution is -2.42. The van der Waals surface area contributed by atoms with E-state index in [-0.39, 0.29) is 30.7 Å². The third kappa shape index (κ3) is 3.28. The summed E-state index contributed by atoms with van der Waals surface area (Å²) in [7, 11) is 0. The maximum atomic E-state index is 12.4. The van der Waals surface area contributed by atoms with Gasteiger partial charge in [-0.05, 0) is 37.6 Å². The van der Waals surface area contributed by atoms with Gasteiger partial charge in [0.25, 0.3) is 11.8 Å². The molecule has 0 saturated carbocycles. The van der Waals surface area contributed by atoms with E-state index in [1.807, 2.05) is 24.8 Å². The van der Waals surface area contributed by atoms with Gasteiger partial charge in [-0.3, -0.25) is 14.5 Å². The smallest absolute Gasteiger partial charge is 0.261 e. The number of carbonyl (C=O) groups excluding carboxylic acids is 2. The SMILES string of the molecule is CCN(CC(O)CN1C(=O)c2ccccc2C1=O)c1cc(O)ccc1C. The van der Waals surface area contributed by atoms with Crippen molar-refractivity contribution >= 4 is 17.5 Å². The third-order valence-corrected chi connectivity index (χ3v) is 4.62. The minimum atomic E-state index is -0.904. The van der Waals surface area contributed by atoms with Gasteiger partial charge in [0.05, 0.1) is 23.8 Å². The van der Waals surface area contributed by atoms with Crippen LogP contribution in [0, 0.1) is 6.92 Å². The summed E-state index contributed by atoms with van der Waals surface area (Å²) in [5, 5.41) is 20.2. The number of nitrogens with zero attached hydrogens (tertiary/aromatic N) is 2. The maximum absolute atomic E-state index is 12.4. The zero-order valence-electron chi connectivity index (χ0n) is 14.8. The van der Waals surface area contributed by atoms with E-state index in [4.69, 9.17) is 0 Å². The summed E-state index contributed by atoms with van der Waals surface area (Å²) in [6, 6.07) is 11.7. The largest absolute Gasteiger partial charge is 0.508 e. The molecule has 2 amide bonds. The predicted molar refractivity (Wildman–Crippen MR) is 98.5 cm³/mol. The highest BCUT2D eigenvalue weighted by Crippen LogP contribution is 2.26. The van der Waals surface area contributed by atoms with Gasteiger partial charge in [-0.25, -0.2) is 0 Å². The minimum Gasteiger partial charge on any atom is -0.508 e. The lowest BCUT2D eigenvalue weighted by molar-refractivity contribution is 0.0551. The minimum absolute atomic E-state index is 0.0687. The molecule has 0 aliphatic carbocycles. The second-order valence-corrected chi connectivity index (χ2v) is 6.43. The number of rotatable bonds is 6. The van der Waals surface area contributed by atoms with Crippen LogP contribution in [-0.2, 0) is 0 Å². The van der Waals surface area contributed by atoms with Gasteiger partial charge < -0.3 is 15.1 Å². The van der Waals surface area contributed by atoms with Gasteiger partial charge in [-0.1, -0.05) is 18.2 Å². The second kappa shape index (κ2) is 7.17. The topological polar surface area (TPSA) is 81.1 Å². The number of likely N-dealkylation sites (N-methyl/N-ethyl adjacent to an activating group) is 1. The van der Waals surface area contributed by atoms with Gasteiger partial charge in [0.15, 0.2) is 0 Å². The third-order valence-electron chi connectivity index (χ3n) is 4.62. The number of carbonyl (C=O) groups is 2. The van der Waals surface area contributed by atoms with Gasteiger partial charge in [-0.2, -0.15) is 0 Å². The summed E-state index contributed by atoms with van der Waals surface area (Å²) in [5.41, 5.74) is 2.54. The van der Waals surface area contributed by atoms with E-state index in [9.17, 15) is 19.8 Å². The Morgan fingerprint density at radius 1 is 1.08 bits per heavy atom. The molecule has 1 heterocycles. The Morgan fingerprint density at radius 3 is 2.27 bits per heavy atom. The Bertz CT molecular complexity index is 814. The molecule has 1 aliphatic heterocycles. The van der Waals surface area contributed by atoms with Gasteiger partial charge in [0, 0.05) is 24.8 Å². The molecular formula is C20H22N2O4. The molecule has 2 aromatic carbocycles. The lowest BCUT2D eigenvalue weighted by Gasteiger charge is -2.29. The average molecular weight is 354 g/mol. The number of imide groups is 1. The van der Waals surface area contributed by atoms with Crippen LogP contribution in [-0.4, -0.2) is 52.7 Å². The Kier molecular flexibility index (Phi) is 4.95. The van der Waals surface area contributed by atoms with E-state index >= 15 is 0 Å². The number of aliphatic hydroxyl groups is 1. The summed E-state index contributed by atoms with van der Waals surface area (Å²) in [4.78, 5) is 27.8. The van der Waals surface area contributed by atoms with E-state index in [1.165, 1.54) is 0 Å². The van der Waals surface area contributed by atoms with Crippen LogP contribution in [0.5, 0.6) is 5.75 Å². The number of benzene rings is 2. The number of aliphatic hydroxyl groups excluding tert-OH is 1. The van der Waals surface area contributed by atoms with Crippen LogP contribution < -0.4 is 4.90 Å². The highest BCUT2D eigenvalue weighted by atomic mass is 16.3. The van der Waals surface area contributed by atoms with Crippen molar-refractivity contribution in [2.24, 2.45) is 0 Å². The molecular weight excluding hydrogens is 332 g/mol. The standard InChI is InChI=1S/C20H22N2O4/c1-3-21(18-10-14(23)9-8-13(18)2)11-15(24)12-22-19(25)16-6-4-5-7-17(16)20(22)26/h4-10,15,23-24H,3,11-12H2,1-2H3. The number of hydrogen-bond donors (Lipinski definition) is 2. The van der Waals surface area contributed by atoms with Gasteiger partial charge >= 0.3 is 0 Å². The molecule has 1 atom stereocenters. The van der Waals surface area contributed by atoms with Crippen LogP contribution in [0.25, 0.3) is 0 Å². The van der Waals surface area contributed by atoms with Crippen molar-refractivity contribution in [3.8, 4) is 5.75 Å². The number of β-amino-alcohol motifs (C(OH)–C–C–N with tert-alkyl or cyclic N) is 1. The van der Waals surface area contributed by atoms with Gasteiger partial charge in [-0.15, -0.1) is 0 Å². The molecule has 0 aromatic heterocycles. The predicted octanol–water partition coefficient (Wildman–Crippen LogP) is 2.18. The fourth-order valence-electron chi connectivity index (χ4n) is 3.26. The summed E-state index contributed by atoms with van der Waals surface area (Å²) in [6.07, 6.45) is -0.904. The fraction of sp³-hybridized carbons (Fsp3) is 0.300. The number of anilines is 1. The molecule has 0 fully saturated rings. The molecule has 0 radical (unpaired) electrons. The Hall–Kier alpha value is -2.86. The first-order chi connectivity index (χ1) is 12.4. The number of aromatic hydroxyl groups is 1. The van der Waals surface area contributed by atoms with Crippen LogP contribution >= 0.6 is 0 Å². The van der Waals surface area contributed by atoms with Crippen LogP contribution in [0.3, 0.4) is 0 Å². The number of fused-ring (bicyclic) bond motifs is 1. The number of phenols is 1. The Labute approximate surface area is 152 Å². The van der Waals surface area contributed by atoms with Gasteiger partial charge in [0.1, 0.15) is 5.75 Å². The van der Waals surface area contributed by atoms with Crippen LogP contribution in [0.15, 0.2) is 42.5 Å². The van der Waals surface area contributed by atoms with Crippen LogP contribution in [0.2, 0.25) is 0 Å². The molecule has 0 saturated heterocycles. The van der Waals surface area contributed by atoms with E-state index in [2.05, 4.69) is 0 Å². The van der Waals surface area contributed by atoms with Crippen molar-refractivity contribution in [3.05, 3.63) is 59.2 Å². The average Bonchev–Trinajstić information content (AvgIpc) is 2.87. The summed E-state index contributed by atoms with van der Waals surface area (Å²) < 4.78 is 0. The number of phenolic OH excluding ortho intramolecular Hbond substituents is 1. The molecule has 0 bridgehead atoms. The molecule has 1 unspecified atom stereocenters. The fourth-order valence-corrected chi connectivity index (χ4v) is 3.26. The molecule has 1 aliphatic rings. The zero-order chi connectivity index (χ0) is 18.8. The zero-order valence-corrected chi connectivity index (χ0v) is 14.8. The van der Waals surface area contributed by atoms with Crippen LogP contribution in [0.4, 0.5) is 5.69 Å². The van der Waals surface area contributed by atoms with E-state index < -0.39 is 6.10 Å². The molecule has 2 aromatic rings.